The van der Waals surface area contributed by atoms with Crippen molar-refractivity contribution in [1.82, 2.24) is 5.48 Å². The van der Waals surface area contributed by atoms with Gasteiger partial charge >= 0.3 is 5.97 Å². The predicted octanol–water partition coefficient (Wildman–Crippen LogP) is 1.57. The lowest BCUT2D eigenvalue weighted by atomic mass is 10.1. The smallest absolute Gasteiger partial charge is 0.305 e. The van der Waals surface area contributed by atoms with Gasteiger partial charge in [0.05, 0.1) is 14.2 Å². The molecule has 5 nitrogen and oxygen atoms in total. The number of esters is 1. The maximum absolute atomic E-state index is 11.0. The third kappa shape index (κ3) is 9.45. The normalized spacial score (nSPS) is 9.88. The average molecular weight is 231 g/mol. The summed E-state index contributed by atoms with van der Waals surface area (Å²) in [5.74, 6) is -0.239. The fourth-order valence-corrected chi connectivity index (χ4v) is 1.35. The van der Waals surface area contributed by atoms with Crippen LogP contribution in [0.3, 0.4) is 0 Å². The van der Waals surface area contributed by atoms with Crippen LogP contribution in [-0.2, 0) is 19.2 Å². The summed E-state index contributed by atoms with van der Waals surface area (Å²) in [7, 11) is 2.82. The number of rotatable bonds is 9. The molecule has 0 aromatic heterocycles. The molecule has 1 N–H and O–H groups in total. The first-order chi connectivity index (χ1) is 7.70. The number of hydrogen-bond acceptors (Lipinski definition) is 4. The van der Waals surface area contributed by atoms with Crippen molar-refractivity contribution in [2.24, 2.45) is 0 Å². The fourth-order valence-electron chi connectivity index (χ4n) is 1.35. The maximum Gasteiger partial charge on any atom is 0.305 e. The molecule has 0 aromatic carbocycles. The summed E-state index contributed by atoms with van der Waals surface area (Å²) in [6.45, 7) is 0. The first-order valence-electron chi connectivity index (χ1n) is 5.59. The van der Waals surface area contributed by atoms with Crippen LogP contribution in [0, 0.1) is 0 Å². The van der Waals surface area contributed by atoms with Crippen molar-refractivity contribution >= 4 is 11.9 Å². The quantitative estimate of drug-likeness (QED) is 0.371. The van der Waals surface area contributed by atoms with Gasteiger partial charge in [-0.25, -0.2) is 5.48 Å². The summed E-state index contributed by atoms with van der Waals surface area (Å²) >= 11 is 0. The van der Waals surface area contributed by atoms with Crippen LogP contribution in [0.2, 0.25) is 0 Å². The zero-order valence-corrected chi connectivity index (χ0v) is 10.1. The summed E-state index contributed by atoms with van der Waals surface area (Å²) in [5.41, 5.74) is 2.27. The van der Waals surface area contributed by atoms with E-state index in [0.29, 0.717) is 12.8 Å². The predicted molar refractivity (Wildman–Crippen MR) is 59.5 cm³/mol. The fraction of sp³-hybridized carbons (Fsp3) is 0.818. The van der Waals surface area contributed by atoms with Gasteiger partial charge in [0.15, 0.2) is 0 Å². The Morgan fingerprint density at radius 1 is 0.938 bits per heavy atom. The van der Waals surface area contributed by atoms with Crippen molar-refractivity contribution in [2.75, 3.05) is 14.2 Å². The summed E-state index contributed by atoms with van der Waals surface area (Å²) < 4.78 is 4.53. The number of carbonyl (C=O) groups is 2. The molecule has 0 atom stereocenters. The minimum absolute atomic E-state index is 0.0861. The topological polar surface area (TPSA) is 64.6 Å². The van der Waals surface area contributed by atoms with E-state index in [1.165, 1.54) is 14.2 Å². The standard InChI is InChI=1S/C11H21NO4/c1-15-11(14)9-7-5-3-4-6-8-10(13)12-16-2/h3-9H2,1-2H3,(H,12,13). The van der Waals surface area contributed by atoms with E-state index in [4.69, 9.17) is 0 Å². The Bertz CT molecular complexity index is 206. The van der Waals surface area contributed by atoms with Crippen molar-refractivity contribution in [3.8, 4) is 0 Å². The van der Waals surface area contributed by atoms with Crippen LogP contribution in [0.4, 0.5) is 0 Å². The van der Waals surface area contributed by atoms with Crippen molar-refractivity contribution in [3.63, 3.8) is 0 Å². The molecule has 0 radical (unpaired) electrons. The van der Waals surface area contributed by atoms with Crippen LogP contribution >= 0.6 is 0 Å². The van der Waals surface area contributed by atoms with Crippen molar-refractivity contribution in [1.29, 1.82) is 0 Å². The van der Waals surface area contributed by atoms with Crippen molar-refractivity contribution in [3.05, 3.63) is 0 Å². The highest BCUT2D eigenvalue weighted by Gasteiger charge is 2.01. The third-order valence-corrected chi connectivity index (χ3v) is 2.23. The van der Waals surface area contributed by atoms with E-state index < -0.39 is 0 Å². The molecule has 0 bridgehead atoms. The van der Waals surface area contributed by atoms with Gasteiger partial charge < -0.3 is 4.74 Å². The Kier molecular flexibility index (Phi) is 9.70. The molecule has 1 amide bonds. The van der Waals surface area contributed by atoms with Crippen molar-refractivity contribution in [2.45, 2.75) is 44.9 Å². The van der Waals surface area contributed by atoms with Crippen LogP contribution in [0.25, 0.3) is 0 Å². The molecule has 0 rings (SSSR count). The van der Waals surface area contributed by atoms with Gasteiger partial charge in [0.2, 0.25) is 5.91 Å². The second-order valence-electron chi connectivity index (χ2n) is 3.57. The Morgan fingerprint density at radius 3 is 2.06 bits per heavy atom. The van der Waals surface area contributed by atoms with E-state index in [1.54, 1.807) is 0 Å². The Morgan fingerprint density at radius 2 is 1.50 bits per heavy atom. The largest absolute Gasteiger partial charge is 0.469 e. The van der Waals surface area contributed by atoms with Gasteiger partial charge in [-0.1, -0.05) is 19.3 Å². The van der Waals surface area contributed by atoms with Crippen LogP contribution in [-0.4, -0.2) is 26.1 Å². The molecule has 16 heavy (non-hydrogen) atoms. The number of amides is 1. The summed E-state index contributed by atoms with van der Waals surface area (Å²) in [5, 5.41) is 0. The lowest BCUT2D eigenvalue weighted by Gasteiger charge is -2.02. The molecule has 0 saturated carbocycles. The molecule has 0 aliphatic rings. The zero-order valence-electron chi connectivity index (χ0n) is 10.1. The summed E-state index contributed by atoms with van der Waals surface area (Å²) in [6, 6.07) is 0. The van der Waals surface area contributed by atoms with E-state index in [2.05, 4.69) is 15.1 Å². The average Bonchev–Trinajstić information content (AvgIpc) is 2.27. The highest BCUT2D eigenvalue weighted by Crippen LogP contribution is 2.07. The number of hydrogen-bond donors (Lipinski definition) is 1. The molecular formula is C11H21NO4. The third-order valence-electron chi connectivity index (χ3n) is 2.23. The molecule has 0 fully saturated rings. The van der Waals surface area contributed by atoms with E-state index in [1.807, 2.05) is 0 Å². The first-order valence-corrected chi connectivity index (χ1v) is 5.59. The van der Waals surface area contributed by atoms with Crippen LogP contribution in [0.15, 0.2) is 0 Å². The van der Waals surface area contributed by atoms with Gasteiger partial charge in [0.1, 0.15) is 0 Å². The highest BCUT2D eigenvalue weighted by atomic mass is 16.6. The molecule has 0 aliphatic carbocycles. The first kappa shape index (κ1) is 14.9. The van der Waals surface area contributed by atoms with Crippen LogP contribution < -0.4 is 5.48 Å². The summed E-state index contributed by atoms with van der Waals surface area (Å²) in [4.78, 5) is 26.2. The molecule has 0 aromatic rings. The Balaban J connectivity index is 3.15. The number of methoxy groups -OCH3 is 1. The molecule has 0 unspecified atom stereocenters. The van der Waals surface area contributed by atoms with Crippen LogP contribution in [0.1, 0.15) is 44.9 Å². The molecule has 94 valence electrons. The number of carbonyl (C=O) groups excluding carboxylic acids is 2. The second-order valence-corrected chi connectivity index (χ2v) is 3.57. The zero-order chi connectivity index (χ0) is 12.2. The van der Waals surface area contributed by atoms with Gasteiger partial charge in [-0.2, -0.15) is 0 Å². The van der Waals surface area contributed by atoms with Gasteiger partial charge in [-0.05, 0) is 12.8 Å². The summed E-state index contributed by atoms with van der Waals surface area (Å²) in [6.07, 6.45) is 5.73. The molecule has 0 heterocycles. The molecule has 5 heteroatoms. The molecule has 0 saturated heterocycles. The van der Waals surface area contributed by atoms with E-state index in [-0.39, 0.29) is 11.9 Å². The number of hydroxylamine groups is 1. The molecule has 0 aliphatic heterocycles. The second kappa shape index (κ2) is 10.4. The van der Waals surface area contributed by atoms with Gasteiger partial charge in [0.25, 0.3) is 0 Å². The van der Waals surface area contributed by atoms with Gasteiger partial charge in [-0.15, -0.1) is 0 Å². The minimum Gasteiger partial charge on any atom is -0.469 e. The monoisotopic (exact) mass is 231 g/mol. The van der Waals surface area contributed by atoms with E-state index >= 15 is 0 Å². The number of unbranched alkanes of at least 4 members (excludes halogenated alkanes) is 4. The van der Waals surface area contributed by atoms with Gasteiger partial charge in [0, 0.05) is 12.8 Å². The molecule has 0 spiro atoms. The molecular weight excluding hydrogens is 210 g/mol. The Hall–Kier alpha value is -1.10. The van der Waals surface area contributed by atoms with E-state index in [9.17, 15) is 9.59 Å². The maximum atomic E-state index is 11.0. The SMILES string of the molecule is CONC(=O)CCCCCCCC(=O)OC. The van der Waals surface area contributed by atoms with Crippen molar-refractivity contribution < 1.29 is 19.2 Å². The minimum atomic E-state index is -0.153. The van der Waals surface area contributed by atoms with Crippen LogP contribution in [0.5, 0.6) is 0 Å². The lowest BCUT2D eigenvalue weighted by Crippen LogP contribution is -2.21. The number of nitrogens with one attached hydrogen (secondary N) is 1. The van der Waals surface area contributed by atoms with Gasteiger partial charge in [-0.3, -0.25) is 14.4 Å². The number of ether oxygens (including phenoxy) is 1. The lowest BCUT2D eigenvalue weighted by molar-refractivity contribution is -0.140. The highest BCUT2D eigenvalue weighted by molar-refractivity contribution is 5.74. The Labute approximate surface area is 96.4 Å². The van der Waals surface area contributed by atoms with E-state index in [0.717, 1.165) is 32.1 Å².